The smallest absolute Gasteiger partial charge is 0.225 e. The lowest BCUT2D eigenvalue weighted by molar-refractivity contribution is 0.733. The molecule has 0 saturated carbocycles. The van der Waals surface area contributed by atoms with Gasteiger partial charge in [0, 0.05) is 36.1 Å². The Bertz CT molecular complexity index is 999. The third-order valence-corrected chi connectivity index (χ3v) is 5.15. The van der Waals surface area contributed by atoms with Gasteiger partial charge in [-0.3, -0.25) is 4.98 Å². The highest BCUT2D eigenvalue weighted by Crippen LogP contribution is 2.16. The van der Waals surface area contributed by atoms with Crippen LogP contribution in [-0.2, 0) is 19.4 Å². The molecule has 0 aliphatic carbocycles. The number of nitrogens with zero attached hydrogens (tertiary/aromatic N) is 5. The minimum Gasteiger partial charge on any atom is -0.335 e. The quantitative estimate of drug-likeness (QED) is 0.482. The zero-order valence-electron chi connectivity index (χ0n) is 15.2. The van der Waals surface area contributed by atoms with Crippen molar-refractivity contribution < 1.29 is 0 Å². The van der Waals surface area contributed by atoms with Gasteiger partial charge >= 0.3 is 0 Å². The summed E-state index contributed by atoms with van der Waals surface area (Å²) in [4.78, 5) is 20.5. The number of hydrogen-bond donors (Lipinski definition) is 0. The summed E-state index contributed by atoms with van der Waals surface area (Å²) in [5.41, 5.74) is 6.13. The number of benzene rings is 1. The van der Waals surface area contributed by atoms with Gasteiger partial charge in [-0.25, -0.2) is 15.0 Å². The van der Waals surface area contributed by atoms with Crippen LogP contribution < -0.4 is 4.90 Å². The summed E-state index contributed by atoms with van der Waals surface area (Å²) in [6.07, 6.45) is 5.61. The van der Waals surface area contributed by atoms with Crippen LogP contribution in [0.2, 0.25) is 0 Å². The van der Waals surface area contributed by atoms with E-state index in [-0.39, 0.29) is 0 Å². The second-order valence-corrected chi connectivity index (χ2v) is 7.11. The molecule has 0 fully saturated rings. The third kappa shape index (κ3) is 4.28. The van der Waals surface area contributed by atoms with E-state index in [1.165, 1.54) is 0 Å². The average Bonchev–Trinajstić information content (AvgIpc) is 3.25. The van der Waals surface area contributed by atoms with Gasteiger partial charge in [-0.1, -0.05) is 31.2 Å². The molecule has 0 spiro atoms. The van der Waals surface area contributed by atoms with Crippen LogP contribution in [0.3, 0.4) is 0 Å². The lowest BCUT2D eigenvalue weighted by Crippen LogP contribution is -2.27. The normalized spacial score (nSPS) is 11.0. The Labute approximate surface area is 162 Å². The first-order valence-electron chi connectivity index (χ1n) is 9.09. The van der Waals surface area contributed by atoms with Crippen LogP contribution in [0.15, 0.2) is 59.7 Å². The Morgan fingerprint density at radius 3 is 2.59 bits per heavy atom. The first-order valence-corrected chi connectivity index (χ1v) is 10.0. The number of fused-ring (bicyclic) bond motifs is 1. The molecule has 3 aromatic heterocycles. The number of aryl methyl sites for hydroxylation is 1. The molecule has 1 aromatic carbocycles. The van der Waals surface area contributed by atoms with E-state index in [0.717, 1.165) is 53.2 Å². The predicted octanol–water partition coefficient (Wildman–Crippen LogP) is 4.29. The largest absolute Gasteiger partial charge is 0.335 e. The first-order chi connectivity index (χ1) is 13.3. The van der Waals surface area contributed by atoms with Crippen LogP contribution in [0.5, 0.6) is 0 Å². The van der Waals surface area contributed by atoms with Crippen LogP contribution >= 0.6 is 11.3 Å². The highest BCUT2D eigenvalue weighted by molar-refractivity contribution is 7.07. The van der Waals surface area contributed by atoms with E-state index in [0.29, 0.717) is 6.54 Å². The van der Waals surface area contributed by atoms with E-state index in [4.69, 9.17) is 4.98 Å². The van der Waals surface area contributed by atoms with Crippen molar-refractivity contribution in [3.63, 3.8) is 0 Å². The summed E-state index contributed by atoms with van der Waals surface area (Å²) in [7, 11) is 0. The van der Waals surface area contributed by atoms with Crippen molar-refractivity contribution in [2.24, 2.45) is 0 Å². The van der Waals surface area contributed by atoms with E-state index < -0.39 is 0 Å². The van der Waals surface area contributed by atoms with Crippen molar-refractivity contribution in [2.75, 3.05) is 11.4 Å². The Morgan fingerprint density at radius 2 is 1.81 bits per heavy atom. The third-order valence-electron chi connectivity index (χ3n) is 4.51. The van der Waals surface area contributed by atoms with Gasteiger partial charge in [0.05, 0.1) is 29.0 Å². The minimum absolute atomic E-state index is 0.667. The van der Waals surface area contributed by atoms with Gasteiger partial charge in [0.2, 0.25) is 5.95 Å². The van der Waals surface area contributed by atoms with Crippen molar-refractivity contribution in [3.05, 3.63) is 76.6 Å². The molecule has 136 valence electrons. The van der Waals surface area contributed by atoms with Gasteiger partial charge in [-0.15, -0.1) is 11.3 Å². The standard InChI is InChI=1S/C21H21N5S/c1-2-16-11-22-21(23-12-16)26(10-9-19-14-27-15-24-19)13-18-8-7-17-5-3-4-6-20(17)25-18/h3-8,11-12,14-15H,2,9-10,13H2,1H3. The van der Waals surface area contributed by atoms with Crippen molar-refractivity contribution in [1.29, 1.82) is 0 Å². The lowest BCUT2D eigenvalue weighted by Gasteiger charge is -2.22. The molecule has 0 bridgehead atoms. The van der Waals surface area contributed by atoms with Gasteiger partial charge in [0.1, 0.15) is 0 Å². The molecule has 0 radical (unpaired) electrons. The lowest BCUT2D eigenvalue weighted by atomic mass is 10.2. The molecular weight excluding hydrogens is 354 g/mol. The van der Waals surface area contributed by atoms with Crippen LogP contribution in [0.4, 0.5) is 5.95 Å². The van der Waals surface area contributed by atoms with E-state index in [9.17, 15) is 0 Å². The van der Waals surface area contributed by atoms with Crippen molar-refractivity contribution in [1.82, 2.24) is 19.9 Å². The molecule has 0 amide bonds. The molecule has 0 N–H and O–H groups in total. The molecule has 0 unspecified atom stereocenters. The van der Waals surface area contributed by atoms with Crippen molar-refractivity contribution in [3.8, 4) is 0 Å². The summed E-state index contributed by atoms with van der Waals surface area (Å²) in [6.45, 7) is 3.57. The molecule has 0 atom stereocenters. The minimum atomic E-state index is 0.667. The van der Waals surface area contributed by atoms with E-state index in [2.05, 4.69) is 50.4 Å². The predicted molar refractivity (Wildman–Crippen MR) is 110 cm³/mol. The number of hydrogen-bond acceptors (Lipinski definition) is 6. The summed E-state index contributed by atoms with van der Waals surface area (Å²) in [6, 6.07) is 12.4. The zero-order valence-corrected chi connectivity index (χ0v) is 16.1. The van der Waals surface area contributed by atoms with Crippen LogP contribution in [0, 0.1) is 0 Å². The van der Waals surface area contributed by atoms with Gasteiger partial charge in [0.25, 0.3) is 0 Å². The average molecular weight is 376 g/mol. The summed E-state index contributed by atoms with van der Waals surface area (Å²) >= 11 is 1.62. The maximum absolute atomic E-state index is 4.81. The maximum Gasteiger partial charge on any atom is 0.225 e. The fraction of sp³-hybridized carbons (Fsp3) is 0.238. The molecule has 5 nitrogen and oxygen atoms in total. The van der Waals surface area contributed by atoms with Gasteiger partial charge in [0.15, 0.2) is 0 Å². The second kappa shape index (κ2) is 8.22. The fourth-order valence-electron chi connectivity index (χ4n) is 2.95. The molecule has 6 heteroatoms. The highest BCUT2D eigenvalue weighted by atomic mass is 32.1. The first kappa shape index (κ1) is 17.5. The van der Waals surface area contributed by atoms with Crippen molar-refractivity contribution in [2.45, 2.75) is 26.3 Å². The molecule has 0 aliphatic rings. The molecule has 0 aliphatic heterocycles. The maximum atomic E-state index is 4.81. The van der Waals surface area contributed by atoms with E-state index in [1.807, 2.05) is 36.1 Å². The zero-order chi connectivity index (χ0) is 18.5. The monoisotopic (exact) mass is 375 g/mol. The summed E-state index contributed by atoms with van der Waals surface area (Å²) < 4.78 is 0. The Morgan fingerprint density at radius 1 is 0.963 bits per heavy atom. The summed E-state index contributed by atoms with van der Waals surface area (Å²) in [5.74, 6) is 0.734. The molecule has 4 rings (SSSR count). The number of thiazole rings is 1. The Kier molecular flexibility index (Phi) is 5.34. The number of rotatable bonds is 7. The van der Waals surface area contributed by atoms with Crippen LogP contribution in [-0.4, -0.2) is 26.5 Å². The Hall–Kier alpha value is -2.86. The van der Waals surface area contributed by atoms with Crippen molar-refractivity contribution >= 4 is 28.2 Å². The molecule has 0 saturated heterocycles. The molecule has 27 heavy (non-hydrogen) atoms. The Balaban J connectivity index is 1.58. The van der Waals surface area contributed by atoms with Crippen LogP contribution in [0.1, 0.15) is 23.9 Å². The van der Waals surface area contributed by atoms with E-state index >= 15 is 0 Å². The van der Waals surface area contributed by atoms with Gasteiger partial charge in [-0.05, 0) is 24.1 Å². The summed E-state index contributed by atoms with van der Waals surface area (Å²) in [5, 5.41) is 3.24. The van der Waals surface area contributed by atoms with Gasteiger partial charge in [-0.2, -0.15) is 0 Å². The van der Waals surface area contributed by atoms with Crippen LogP contribution in [0.25, 0.3) is 10.9 Å². The molecular formula is C21H21N5S. The number of aromatic nitrogens is 4. The highest BCUT2D eigenvalue weighted by Gasteiger charge is 2.12. The van der Waals surface area contributed by atoms with Gasteiger partial charge < -0.3 is 4.90 Å². The van der Waals surface area contributed by atoms with E-state index in [1.54, 1.807) is 11.3 Å². The molecule has 3 heterocycles. The number of pyridine rings is 1. The fourth-order valence-corrected chi connectivity index (χ4v) is 3.54. The topological polar surface area (TPSA) is 54.8 Å². The number of anilines is 1. The number of para-hydroxylation sites is 1. The molecule has 4 aromatic rings. The SMILES string of the molecule is CCc1cnc(N(CCc2cscn2)Cc2ccc3ccccc3n2)nc1. The second-order valence-electron chi connectivity index (χ2n) is 6.39.